The number of ether oxygens (including phenoxy) is 2. The van der Waals surface area contributed by atoms with Crippen LogP contribution in [0.25, 0.3) is 11.5 Å². The van der Waals surface area contributed by atoms with E-state index in [1.807, 2.05) is 0 Å². The van der Waals surface area contributed by atoms with Gasteiger partial charge < -0.3 is 13.9 Å². The van der Waals surface area contributed by atoms with E-state index in [4.69, 9.17) is 13.9 Å². The minimum Gasteiger partial charge on any atom is -0.497 e. The lowest BCUT2D eigenvalue weighted by molar-refractivity contribution is -0.401. The zero-order valence-electron chi connectivity index (χ0n) is 14.6. The van der Waals surface area contributed by atoms with E-state index in [0.29, 0.717) is 17.0 Å². The first-order chi connectivity index (χ1) is 13.6. The summed E-state index contributed by atoms with van der Waals surface area (Å²) in [5.74, 6) is 0.494. The van der Waals surface area contributed by atoms with Crippen molar-refractivity contribution in [1.29, 1.82) is 0 Å². The van der Waals surface area contributed by atoms with Crippen LogP contribution >= 0.6 is 0 Å². The van der Waals surface area contributed by atoms with Gasteiger partial charge in [-0.25, -0.2) is 10.2 Å². The molecule has 0 aliphatic rings. The van der Waals surface area contributed by atoms with Crippen molar-refractivity contribution in [2.45, 2.75) is 6.61 Å². The summed E-state index contributed by atoms with van der Waals surface area (Å²) in [4.78, 5) is 21.8. The first-order valence-electron chi connectivity index (χ1n) is 7.94. The number of aromatic nitrogens is 2. The molecular weight excluding hydrogens is 370 g/mol. The smallest absolute Gasteiger partial charge is 0.433 e. The molecule has 0 fully saturated rings. The number of hydrogen-bond donors (Lipinski definition) is 2. The molecule has 0 radical (unpaired) electrons. The molecule has 2 heterocycles. The minimum atomic E-state index is -0.745. The van der Waals surface area contributed by atoms with Gasteiger partial charge in [0.1, 0.15) is 23.0 Å². The van der Waals surface area contributed by atoms with Crippen LogP contribution in [0.1, 0.15) is 11.1 Å². The summed E-state index contributed by atoms with van der Waals surface area (Å²) in [6, 6.07) is 9.70. The summed E-state index contributed by atoms with van der Waals surface area (Å²) in [7, 11) is 1.56. The molecule has 0 bridgehead atoms. The Kier molecular flexibility index (Phi) is 5.65. The molecule has 11 heteroatoms. The molecule has 0 aliphatic carbocycles. The van der Waals surface area contributed by atoms with Crippen LogP contribution in [-0.2, 0) is 11.3 Å². The SMILES string of the molecule is COc1ccc(COC(=O)N/N=C/c2c[nH]nc2-c2ccc([N+](=O)[O-])o2)cc1. The third kappa shape index (κ3) is 4.52. The number of amides is 1. The van der Waals surface area contributed by atoms with Crippen LogP contribution in [0.3, 0.4) is 0 Å². The molecule has 3 aromatic rings. The summed E-state index contributed by atoms with van der Waals surface area (Å²) in [5.41, 5.74) is 3.78. The molecule has 2 aromatic heterocycles. The van der Waals surface area contributed by atoms with Gasteiger partial charge in [0, 0.05) is 11.8 Å². The predicted molar refractivity (Wildman–Crippen MR) is 96.9 cm³/mol. The van der Waals surface area contributed by atoms with E-state index >= 15 is 0 Å². The van der Waals surface area contributed by atoms with Crippen molar-refractivity contribution in [2.24, 2.45) is 5.10 Å². The number of carbonyl (C=O) groups excluding carboxylic acids is 1. The van der Waals surface area contributed by atoms with Crippen LogP contribution in [0.15, 0.2) is 52.1 Å². The summed E-state index contributed by atoms with van der Waals surface area (Å²) < 4.78 is 15.2. The molecule has 0 saturated heterocycles. The third-order valence-electron chi connectivity index (χ3n) is 3.56. The largest absolute Gasteiger partial charge is 0.497 e. The molecular formula is C17H15N5O6. The van der Waals surface area contributed by atoms with Crippen LogP contribution in [0.4, 0.5) is 10.7 Å². The summed E-state index contributed by atoms with van der Waals surface area (Å²) in [6.45, 7) is 0.0678. The second kappa shape index (κ2) is 8.49. The topological polar surface area (TPSA) is 145 Å². The van der Waals surface area contributed by atoms with Crippen molar-refractivity contribution < 1.29 is 23.6 Å². The molecule has 11 nitrogen and oxygen atoms in total. The lowest BCUT2D eigenvalue weighted by atomic mass is 10.2. The van der Waals surface area contributed by atoms with E-state index < -0.39 is 16.9 Å². The fourth-order valence-corrected chi connectivity index (χ4v) is 2.21. The number of hydrogen-bond acceptors (Lipinski definition) is 8. The number of aromatic amines is 1. The number of carbonyl (C=O) groups is 1. The Hall–Kier alpha value is -4.15. The number of nitro groups is 1. The highest BCUT2D eigenvalue weighted by molar-refractivity contribution is 5.88. The summed E-state index contributed by atoms with van der Waals surface area (Å²) >= 11 is 0. The van der Waals surface area contributed by atoms with Gasteiger partial charge in [-0.05, 0) is 23.8 Å². The molecule has 1 aromatic carbocycles. The van der Waals surface area contributed by atoms with E-state index in [-0.39, 0.29) is 12.4 Å². The minimum absolute atomic E-state index is 0.0678. The Morgan fingerprint density at radius 3 is 2.82 bits per heavy atom. The molecule has 0 unspecified atom stereocenters. The van der Waals surface area contributed by atoms with Crippen molar-refractivity contribution >= 4 is 18.2 Å². The molecule has 0 saturated carbocycles. The highest BCUT2D eigenvalue weighted by Gasteiger charge is 2.17. The van der Waals surface area contributed by atoms with Gasteiger partial charge in [-0.3, -0.25) is 15.2 Å². The molecule has 144 valence electrons. The molecule has 28 heavy (non-hydrogen) atoms. The number of H-pyrrole nitrogens is 1. The Morgan fingerprint density at radius 1 is 1.36 bits per heavy atom. The molecule has 0 spiro atoms. The average Bonchev–Trinajstić information content (AvgIpc) is 3.36. The number of benzene rings is 1. The fraction of sp³-hybridized carbons (Fsp3) is 0.118. The average molecular weight is 385 g/mol. The molecule has 1 amide bonds. The first-order valence-corrected chi connectivity index (χ1v) is 7.94. The monoisotopic (exact) mass is 385 g/mol. The summed E-state index contributed by atoms with van der Waals surface area (Å²) in [5, 5.41) is 21.0. The predicted octanol–water partition coefficient (Wildman–Crippen LogP) is 2.85. The maximum Gasteiger partial charge on any atom is 0.433 e. The molecule has 2 N–H and O–H groups in total. The quantitative estimate of drug-likeness (QED) is 0.361. The molecule has 0 atom stereocenters. The van der Waals surface area contributed by atoms with Gasteiger partial charge in [0.25, 0.3) is 0 Å². The normalized spacial score (nSPS) is 10.8. The first kappa shape index (κ1) is 18.6. The van der Waals surface area contributed by atoms with Crippen LogP contribution in [0.5, 0.6) is 5.75 Å². The van der Waals surface area contributed by atoms with Crippen LogP contribution in [0.2, 0.25) is 0 Å². The summed E-state index contributed by atoms with van der Waals surface area (Å²) in [6.07, 6.45) is 2.06. The maximum atomic E-state index is 11.7. The van der Waals surface area contributed by atoms with E-state index in [0.717, 1.165) is 5.56 Å². The van der Waals surface area contributed by atoms with Crippen molar-refractivity contribution in [3.05, 3.63) is 63.8 Å². The van der Waals surface area contributed by atoms with Gasteiger partial charge in [0.2, 0.25) is 0 Å². The number of hydrazone groups is 1. The van der Waals surface area contributed by atoms with E-state index in [2.05, 4.69) is 20.7 Å². The Morgan fingerprint density at radius 2 is 2.14 bits per heavy atom. The van der Waals surface area contributed by atoms with Gasteiger partial charge in [0.05, 0.1) is 19.4 Å². The van der Waals surface area contributed by atoms with E-state index in [9.17, 15) is 14.9 Å². The van der Waals surface area contributed by atoms with Gasteiger partial charge in [-0.1, -0.05) is 12.1 Å². The number of rotatable bonds is 7. The van der Waals surface area contributed by atoms with Gasteiger partial charge in [-0.2, -0.15) is 10.2 Å². The van der Waals surface area contributed by atoms with Gasteiger partial charge in [-0.15, -0.1) is 0 Å². The van der Waals surface area contributed by atoms with E-state index in [1.165, 1.54) is 24.5 Å². The fourth-order valence-electron chi connectivity index (χ4n) is 2.21. The van der Waals surface area contributed by atoms with Crippen molar-refractivity contribution in [3.8, 4) is 17.2 Å². The van der Waals surface area contributed by atoms with Gasteiger partial charge >= 0.3 is 12.0 Å². The number of furan rings is 1. The van der Waals surface area contributed by atoms with Crippen molar-refractivity contribution in [1.82, 2.24) is 15.6 Å². The zero-order chi connectivity index (χ0) is 19.9. The Bertz CT molecular complexity index is 992. The van der Waals surface area contributed by atoms with Crippen LogP contribution < -0.4 is 10.2 Å². The van der Waals surface area contributed by atoms with Crippen molar-refractivity contribution in [2.75, 3.05) is 7.11 Å². The highest BCUT2D eigenvalue weighted by Crippen LogP contribution is 2.26. The van der Waals surface area contributed by atoms with E-state index in [1.54, 1.807) is 31.4 Å². The molecule has 3 rings (SSSR count). The van der Waals surface area contributed by atoms with Gasteiger partial charge in [0.15, 0.2) is 5.76 Å². The zero-order valence-corrected chi connectivity index (χ0v) is 14.6. The second-order valence-electron chi connectivity index (χ2n) is 5.38. The van der Waals surface area contributed by atoms with Crippen molar-refractivity contribution in [3.63, 3.8) is 0 Å². The number of nitrogens with one attached hydrogen (secondary N) is 2. The Balaban J connectivity index is 1.55. The second-order valence-corrected chi connectivity index (χ2v) is 5.38. The number of nitrogens with zero attached hydrogens (tertiary/aromatic N) is 3. The molecule has 0 aliphatic heterocycles. The van der Waals surface area contributed by atoms with Crippen LogP contribution in [0, 0.1) is 10.1 Å². The highest BCUT2D eigenvalue weighted by atomic mass is 16.6. The number of methoxy groups -OCH3 is 1. The lowest BCUT2D eigenvalue weighted by Gasteiger charge is -2.05. The maximum absolute atomic E-state index is 11.7. The van der Waals surface area contributed by atoms with Crippen LogP contribution in [-0.4, -0.2) is 34.5 Å². The Labute approximate surface area is 158 Å². The standard InChI is InChI=1S/C17H15N5O6/c1-26-13-4-2-11(3-5-13)10-27-17(23)21-19-9-12-8-18-20-16(12)14-6-7-15(28-14)22(24)25/h2-9H,10H2,1H3,(H,18,20)(H,21,23)/b19-9+. The third-order valence-corrected chi connectivity index (χ3v) is 3.56. The lowest BCUT2D eigenvalue weighted by Crippen LogP contribution is -2.18.